The van der Waals surface area contributed by atoms with Crippen molar-refractivity contribution in [2.24, 2.45) is 17.2 Å². The normalized spacial score (nSPS) is 12.1. The molecule has 1 unspecified atom stereocenters. The van der Waals surface area contributed by atoms with Crippen LogP contribution in [0.2, 0.25) is 0 Å². The van der Waals surface area contributed by atoms with E-state index in [9.17, 15) is 4.79 Å². The molecule has 0 bridgehead atoms. The molecule has 0 aromatic carbocycles. The number of hydrogen-bond donors (Lipinski definition) is 4. The van der Waals surface area contributed by atoms with E-state index in [1.54, 1.807) is 0 Å². The van der Waals surface area contributed by atoms with Crippen molar-refractivity contribution < 1.29 is 9.79 Å². The first-order valence-corrected chi connectivity index (χ1v) is 3.49. The minimum Gasteiger partial charge on any atom is -0.322 e. The number of nitrogens with one attached hydrogen (secondary N) is 1. The van der Waals surface area contributed by atoms with E-state index in [1.807, 2.05) is 0 Å². The third-order valence-electron chi connectivity index (χ3n) is 1.22. The summed E-state index contributed by atoms with van der Waals surface area (Å²) in [6.45, 7) is 0.657. The maximum atomic E-state index is 10.0. The molecule has 0 rings (SSSR count). The minimum absolute atomic E-state index is 0.199. The fraction of sp³-hybridized carbons (Fsp3) is 0.667. The van der Waals surface area contributed by atoms with Gasteiger partial charge in [0.1, 0.15) is 6.29 Å². The smallest absolute Gasteiger partial charge is 0.322 e. The predicted molar refractivity (Wildman–Crippen MR) is 42.5 cm³/mol. The molecule has 0 heterocycles. The number of hydrogen-bond acceptors (Lipinski definition) is 2. The Morgan fingerprint density at radius 1 is 1.55 bits per heavy atom. The third kappa shape index (κ3) is 6.79. The number of aldehydes is 1. The average molecular weight is 159 g/mol. The van der Waals surface area contributed by atoms with Crippen LogP contribution < -0.4 is 22.2 Å². The quantitative estimate of drug-likeness (QED) is 0.145. The lowest BCUT2D eigenvalue weighted by Crippen LogP contribution is -2.78. The first-order chi connectivity index (χ1) is 5.16. The molecule has 0 saturated heterocycles. The number of nitrogens with two attached hydrogens (primary N) is 3. The predicted octanol–water partition coefficient (Wildman–Crippen LogP) is -3.35. The Hall–Kier alpha value is -1.10. The molecule has 0 radical (unpaired) electrons. The maximum Gasteiger partial charge on any atom is 0.338 e. The van der Waals surface area contributed by atoms with Gasteiger partial charge in [-0.1, -0.05) is 0 Å². The highest BCUT2D eigenvalue weighted by molar-refractivity contribution is 5.69. The topological polar surface area (TPSA) is 109 Å². The summed E-state index contributed by atoms with van der Waals surface area (Å²) in [7, 11) is 0. The van der Waals surface area contributed by atoms with Crippen LogP contribution in [0.3, 0.4) is 0 Å². The monoisotopic (exact) mass is 159 g/mol. The summed E-state index contributed by atoms with van der Waals surface area (Å²) in [4.78, 5) is 12.8. The van der Waals surface area contributed by atoms with E-state index in [4.69, 9.17) is 17.2 Å². The SMILES string of the molecule is NC(N)=[NH+]CCCC(N)C=O. The van der Waals surface area contributed by atoms with Gasteiger partial charge in [-0.2, -0.15) is 0 Å². The van der Waals surface area contributed by atoms with E-state index in [2.05, 4.69) is 4.99 Å². The molecule has 0 aliphatic carbocycles. The molecule has 0 saturated carbocycles. The molecular formula is C6H15N4O+. The van der Waals surface area contributed by atoms with E-state index in [-0.39, 0.29) is 12.0 Å². The van der Waals surface area contributed by atoms with E-state index in [0.717, 1.165) is 12.7 Å². The van der Waals surface area contributed by atoms with Crippen molar-refractivity contribution in [1.82, 2.24) is 0 Å². The van der Waals surface area contributed by atoms with Gasteiger partial charge in [0, 0.05) is 0 Å². The molecule has 5 heteroatoms. The maximum absolute atomic E-state index is 10.0. The molecule has 1 atom stereocenters. The second-order valence-electron chi connectivity index (χ2n) is 2.32. The molecule has 0 aliphatic rings. The molecule has 0 aromatic heterocycles. The van der Waals surface area contributed by atoms with Crippen molar-refractivity contribution in [3.8, 4) is 0 Å². The van der Waals surface area contributed by atoms with Gasteiger partial charge < -0.3 is 10.5 Å². The Balaban J connectivity index is 3.28. The van der Waals surface area contributed by atoms with Crippen LogP contribution in [-0.4, -0.2) is 24.8 Å². The summed E-state index contributed by atoms with van der Waals surface area (Å²) in [5.41, 5.74) is 15.6. The van der Waals surface area contributed by atoms with Crippen LogP contribution in [-0.2, 0) is 4.79 Å². The molecular weight excluding hydrogens is 144 g/mol. The molecule has 0 aliphatic heterocycles. The largest absolute Gasteiger partial charge is 0.338 e. The number of carbonyl (C=O) groups is 1. The minimum atomic E-state index is -0.365. The Bertz CT molecular complexity index is 142. The second-order valence-corrected chi connectivity index (χ2v) is 2.32. The van der Waals surface area contributed by atoms with E-state index in [1.165, 1.54) is 0 Å². The highest BCUT2D eigenvalue weighted by Gasteiger charge is 1.98. The highest BCUT2D eigenvalue weighted by Crippen LogP contribution is 1.86. The van der Waals surface area contributed by atoms with Crippen LogP contribution in [0.5, 0.6) is 0 Å². The van der Waals surface area contributed by atoms with Gasteiger partial charge in [-0.25, -0.2) is 0 Å². The Labute approximate surface area is 65.6 Å². The molecule has 7 N–H and O–H groups in total. The van der Waals surface area contributed by atoms with Gasteiger partial charge in [-0.3, -0.25) is 16.5 Å². The number of carbonyl (C=O) groups excluding carboxylic acids is 1. The van der Waals surface area contributed by atoms with Gasteiger partial charge >= 0.3 is 5.96 Å². The summed E-state index contributed by atoms with van der Waals surface area (Å²) in [6.07, 6.45) is 2.18. The Morgan fingerprint density at radius 2 is 2.18 bits per heavy atom. The number of rotatable bonds is 5. The molecule has 64 valence electrons. The average Bonchev–Trinajstić information content (AvgIpc) is 1.97. The van der Waals surface area contributed by atoms with Crippen molar-refractivity contribution in [3.63, 3.8) is 0 Å². The summed E-state index contributed by atoms with van der Waals surface area (Å²) in [6, 6.07) is -0.365. The first kappa shape index (κ1) is 9.90. The summed E-state index contributed by atoms with van der Waals surface area (Å²) < 4.78 is 0. The van der Waals surface area contributed by atoms with Crippen molar-refractivity contribution in [3.05, 3.63) is 0 Å². The van der Waals surface area contributed by atoms with Gasteiger partial charge in [0.05, 0.1) is 12.6 Å². The standard InChI is InChI=1S/C6H14N4O/c7-5(4-11)2-1-3-10-6(8)9/h4-5H,1-3,7H2,(H4,8,9,10)/p+1. The lowest BCUT2D eigenvalue weighted by molar-refractivity contribution is -0.459. The van der Waals surface area contributed by atoms with Gasteiger partial charge in [0.2, 0.25) is 0 Å². The van der Waals surface area contributed by atoms with Crippen molar-refractivity contribution in [2.45, 2.75) is 18.9 Å². The highest BCUT2D eigenvalue weighted by atomic mass is 16.1. The third-order valence-corrected chi connectivity index (χ3v) is 1.22. The zero-order valence-corrected chi connectivity index (χ0v) is 6.42. The van der Waals surface area contributed by atoms with Crippen molar-refractivity contribution in [1.29, 1.82) is 0 Å². The molecule has 0 fully saturated rings. The van der Waals surface area contributed by atoms with Gasteiger partial charge in [-0.15, -0.1) is 0 Å². The van der Waals surface area contributed by atoms with Crippen LogP contribution in [0.15, 0.2) is 0 Å². The zero-order chi connectivity index (χ0) is 8.69. The van der Waals surface area contributed by atoms with Gasteiger partial charge in [0.15, 0.2) is 0 Å². The second kappa shape index (κ2) is 5.67. The van der Waals surface area contributed by atoms with Crippen molar-refractivity contribution >= 4 is 12.2 Å². The van der Waals surface area contributed by atoms with E-state index < -0.39 is 0 Å². The molecule has 11 heavy (non-hydrogen) atoms. The fourth-order valence-electron chi connectivity index (χ4n) is 0.639. The fourth-order valence-corrected chi connectivity index (χ4v) is 0.639. The summed E-state index contributed by atoms with van der Waals surface area (Å²) in [5, 5.41) is 0. The van der Waals surface area contributed by atoms with Gasteiger partial charge in [-0.05, 0) is 12.8 Å². The summed E-state index contributed by atoms with van der Waals surface area (Å²) >= 11 is 0. The molecule has 0 aromatic rings. The van der Waals surface area contributed by atoms with Crippen LogP contribution in [0.25, 0.3) is 0 Å². The van der Waals surface area contributed by atoms with Crippen LogP contribution in [0, 0.1) is 0 Å². The zero-order valence-electron chi connectivity index (χ0n) is 6.42. The molecule has 5 nitrogen and oxygen atoms in total. The van der Waals surface area contributed by atoms with Crippen molar-refractivity contribution in [2.75, 3.05) is 6.54 Å². The number of guanidine groups is 1. The van der Waals surface area contributed by atoms with E-state index >= 15 is 0 Å². The first-order valence-electron chi connectivity index (χ1n) is 3.49. The lowest BCUT2D eigenvalue weighted by Gasteiger charge is -1.99. The van der Waals surface area contributed by atoms with Crippen LogP contribution in [0.1, 0.15) is 12.8 Å². The van der Waals surface area contributed by atoms with Crippen LogP contribution in [0.4, 0.5) is 0 Å². The lowest BCUT2D eigenvalue weighted by atomic mass is 10.2. The molecule has 0 amide bonds. The van der Waals surface area contributed by atoms with Crippen LogP contribution >= 0.6 is 0 Å². The Morgan fingerprint density at radius 3 is 2.64 bits per heavy atom. The summed E-state index contributed by atoms with van der Waals surface area (Å²) in [5.74, 6) is 0.199. The van der Waals surface area contributed by atoms with Gasteiger partial charge in [0.25, 0.3) is 0 Å². The Kier molecular flexibility index (Phi) is 5.10. The van der Waals surface area contributed by atoms with E-state index in [0.29, 0.717) is 13.0 Å². The molecule has 0 spiro atoms.